The normalized spacial score (nSPS) is 15.6. The van der Waals surface area contributed by atoms with E-state index in [-0.39, 0.29) is 11.1 Å². The molecule has 4 rings (SSSR count). The highest BCUT2D eigenvalue weighted by Crippen LogP contribution is 2.37. The van der Waals surface area contributed by atoms with Gasteiger partial charge in [-0.3, -0.25) is 9.59 Å². The van der Waals surface area contributed by atoms with E-state index >= 15 is 0 Å². The van der Waals surface area contributed by atoms with Crippen molar-refractivity contribution in [1.29, 1.82) is 0 Å². The van der Waals surface area contributed by atoms with E-state index in [0.717, 1.165) is 33.6 Å². The van der Waals surface area contributed by atoms with Gasteiger partial charge >= 0.3 is 0 Å². The van der Waals surface area contributed by atoms with Crippen molar-refractivity contribution in [1.82, 2.24) is 4.57 Å². The number of amides is 2. The first-order valence-electron chi connectivity index (χ1n) is 8.84. The summed E-state index contributed by atoms with van der Waals surface area (Å²) in [5.74, 6) is -0.720. The van der Waals surface area contributed by atoms with E-state index in [1.54, 1.807) is 53.1 Å². The maximum absolute atomic E-state index is 14.3. The fraction of sp³-hybridized carbons (Fsp3) is 0.0909. The second kappa shape index (κ2) is 7.54. The van der Waals surface area contributed by atoms with Crippen LogP contribution in [-0.2, 0) is 4.79 Å². The van der Waals surface area contributed by atoms with E-state index in [9.17, 15) is 14.0 Å². The molecule has 1 aliphatic rings. The first-order chi connectivity index (χ1) is 13.9. The maximum Gasteiger partial charge on any atom is 0.298 e. The number of halogens is 2. The molecule has 4 nitrogen and oxygen atoms in total. The van der Waals surface area contributed by atoms with Gasteiger partial charge in [-0.15, -0.1) is 0 Å². The zero-order valence-corrected chi connectivity index (χ0v) is 17.2. The van der Waals surface area contributed by atoms with E-state index in [4.69, 9.17) is 11.6 Å². The van der Waals surface area contributed by atoms with Gasteiger partial charge in [-0.1, -0.05) is 23.7 Å². The first kappa shape index (κ1) is 19.5. The summed E-state index contributed by atoms with van der Waals surface area (Å²) < 4.78 is 16.1. The molecule has 1 fully saturated rings. The molecular formula is C22H16ClFN2O2S. The largest absolute Gasteiger partial charge is 0.315 e. The van der Waals surface area contributed by atoms with Crippen molar-refractivity contribution in [2.75, 3.05) is 4.90 Å². The van der Waals surface area contributed by atoms with Gasteiger partial charge in [0.1, 0.15) is 5.82 Å². The number of aryl methyl sites for hydroxylation is 1. The summed E-state index contributed by atoms with van der Waals surface area (Å²) in [7, 11) is 0. The second-order valence-corrected chi connectivity index (χ2v) is 8.04. The Morgan fingerprint density at radius 2 is 1.72 bits per heavy atom. The molecule has 0 unspecified atom stereocenters. The molecule has 0 saturated carbocycles. The quantitative estimate of drug-likeness (QED) is 0.473. The summed E-state index contributed by atoms with van der Waals surface area (Å²) in [6, 6.07) is 14.9. The van der Waals surface area contributed by atoms with Gasteiger partial charge in [-0.25, -0.2) is 9.29 Å². The topological polar surface area (TPSA) is 42.3 Å². The molecule has 29 heavy (non-hydrogen) atoms. The number of nitrogens with zero attached hydrogens (tertiary/aromatic N) is 2. The zero-order chi connectivity index (χ0) is 20.7. The molecule has 0 bridgehead atoms. The van der Waals surface area contributed by atoms with Crippen molar-refractivity contribution in [3.63, 3.8) is 0 Å². The number of para-hydroxylation sites is 1. The Labute approximate surface area is 176 Å². The van der Waals surface area contributed by atoms with Crippen LogP contribution >= 0.6 is 23.4 Å². The van der Waals surface area contributed by atoms with Crippen molar-refractivity contribution < 1.29 is 14.0 Å². The number of anilines is 1. The average molecular weight is 427 g/mol. The lowest BCUT2D eigenvalue weighted by atomic mass is 10.2. The van der Waals surface area contributed by atoms with Gasteiger partial charge in [-0.2, -0.15) is 0 Å². The predicted octanol–water partition coefficient (Wildman–Crippen LogP) is 6.13. The Bertz CT molecular complexity index is 1170. The van der Waals surface area contributed by atoms with Crippen LogP contribution in [0.4, 0.5) is 14.9 Å². The van der Waals surface area contributed by atoms with E-state index < -0.39 is 5.91 Å². The minimum atomic E-state index is -0.391. The molecule has 146 valence electrons. The molecule has 2 heterocycles. The van der Waals surface area contributed by atoms with Gasteiger partial charge in [0.2, 0.25) is 0 Å². The highest BCUT2D eigenvalue weighted by molar-refractivity contribution is 8.19. The number of aromatic nitrogens is 1. The first-order valence-corrected chi connectivity index (χ1v) is 10.0. The van der Waals surface area contributed by atoms with Crippen LogP contribution in [0, 0.1) is 19.7 Å². The lowest BCUT2D eigenvalue weighted by Crippen LogP contribution is -2.27. The van der Waals surface area contributed by atoms with Crippen molar-refractivity contribution >= 4 is 46.3 Å². The second-order valence-electron chi connectivity index (χ2n) is 6.61. The molecule has 2 aromatic carbocycles. The summed E-state index contributed by atoms with van der Waals surface area (Å²) >= 11 is 6.77. The third-order valence-corrected chi connectivity index (χ3v) is 5.85. The molecule has 1 aromatic heterocycles. The third-order valence-electron chi connectivity index (χ3n) is 4.73. The molecule has 2 amide bonds. The SMILES string of the molecule is Cc1cc(/C=C2/SC(=O)N(c3ccc(Cl)cc3)C2=O)c(C)n1-c1ccccc1F. The number of rotatable bonds is 3. The molecule has 7 heteroatoms. The molecule has 1 saturated heterocycles. The Morgan fingerprint density at radius 3 is 2.41 bits per heavy atom. The highest BCUT2D eigenvalue weighted by atomic mass is 35.5. The Hall–Kier alpha value is -2.83. The average Bonchev–Trinajstić information content (AvgIpc) is 3.12. The van der Waals surface area contributed by atoms with E-state index in [0.29, 0.717) is 21.3 Å². The van der Waals surface area contributed by atoms with Crippen LogP contribution in [-0.4, -0.2) is 15.7 Å². The van der Waals surface area contributed by atoms with Gasteiger partial charge in [0.05, 0.1) is 16.3 Å². The maximum atomic E-state index is 14.3. The number of hydrogen-bond acceptors (Lipinski definition) is 3. The summed E-state index contributed by atoms with van der Waals surface area (Å²) in [6.45, 7) is 3.73. The van der Waals surface area contributed by atoms with Crippen LogP contribution in [0.25, 0.3) is 11.8 Å². The van der Waals surface area contributed by atoms with Crippen LogP contribution in [0.15, 0.2) is 59.5 Å². The number of imide groups is 1. The molecule has 0 radical (unpaired) electrons. The number of carbonyl (C=O) groups excluding carboxylic acids is 2. The zero-order valence-electron chi connectivity index (χ0n) is 15.6. The lowest BCUT2D eigenvalue weighted by molar-refractivity contribution is -0.113. The Kier molecular flexibility index (Phi) is 5.06. The number of hydrogen-bond donors (Lipinski definition) is 0. The van der Waals surface area contributed by atoms with Crippen molar-refractivity contribution in [3.05, 3.63) is 87.3 Å². The molecule has 1 aliphatic heterocycles. The molecular weight excluding hydrogens is 411 g/mol. The van der Waals surface area contributed by atoms with Crippen LogP contribution in [0.2, 0.25) is 5.02 Å². The van der Waals surface area contributed by atoms with Gasteiger partial charge in [0, 0.05) is 16.4 Å². The standard InChI is InChI=1S/C22H16ClFN2O2S/c1-13-11-15(14(2)25(13)19-6-4-3-5-18(19)24)12-20-21(27)26(22(28)29-20)17-9-7-16(23)8-10-17/h3-12H,1-2H3/b20-12+. The highest BCUT2D eigenvalue weighted by Gasteiger charge is 2.36. The van der Waals surface area contributed by atoms with Gasteiger partial charge < -0.3 is 4.57 Å². The third kappa shape index (κ3) is 3.50. The Morgan fingerprint density at radius 1 is 1.03 bits per heavy atom. The van der Waals surface area contributed by atoms with Gasteiger partial charge in [0.15, 0.2) is 0 Å². The lowest BCUT2D eigenvalue weighted by Gasteiger charge is -2.12. The molecule has 3 aromatic rings. The fourth-order valence-electron chi connectivity index (χ4n) is 3.36. The minimum absolute atomic E-state index is 0.318. The minimum Gasteiger partial charge on any atom is -0.315 e. The van der Waals surface area contributed by atoms with Crippen molar-refractivity contribution in [3.8, 4) is 5.69 Å². The smallest absolute Gasteiger partial charge is 0.298 e. The van der Waals surface area contributed by atoms with Crippen molar-refractivity contribution in [2.45, 2.75) is 13.8 Å². The number of benzene rings is 2. The Balaban J connectivity index is 1.71. The fourth-order valence-corrected chi connectivity index (χ4v) is 4.32. The summed E-state index contributed by atoms with van der Waals surface area (Å²) in [5, 5.41) is 0.156. The number of thioether (sulfide) groups is 1. The predicted molar refractivity (Wildman–Crippen MR) is 115 cm³/mol. The van der Waals surface area contributed by atoms with Crippen LogP contribution < -0.4 is 4.90 Å². The van der Waals surface area contributed by atoms with Gasteiger partial charge in [0.25, 0.3) is 11.1 Å². The van der Waals surface area contributed by atoms with E-state index in [2.05, 4.69) is 0 Å². The van der Waals surface area contributed by atoms with Crippen LogP contribution in [0.5, 0.6) is 0 Å². The monoisotopic (exact) mass is 426 g/mol. The molecule has 0 spiro atoms. The van der Waals surface area contributed by atoms with E-state index in [1.165, 1.54) is 6.07 Å². The van der Waals surface area contributed by atoms with Gasteiger partial charge in [-0.05, 0) is 79.7 Å². The molecule has 0 aliphatic carbocycles. The molecule has 0 atom stereocenters. The van der Waals surface area contributed by atoms with Crippen molar-refractivity contribution in [2.24, 2.45) is 0 Å². The van der Waals surface area contributed by atoms with E-state index in [1.807, 2.05) is 19.9 Å². The molecule has 0 N–H and O–H groups in total. The summed E-state index contributed by atoms with van der Waals surface area (Å²) in [4.78, 5) is 26.7. The van der Waals surface area contributed by atoms with Crippen LogP contribution in [0.1, 0.15) is 17.0 Å². The van der Waals surface area contributed by atoms with Crippen LogP contribution in [0.3, 0.4) is 0 Å². The number of carbonyl (C=O) groups is 2. The summed E-state index contributed by atoms with van der Waals surface area (Å²) in [6.07, 6.45) is 1.68. The summed E-state index contributed by atoms with van der Waals surface area (Å²) in [5.41, 5.74) is 3.28.